The highest BCUT2D eigenvalue weighted by Crippen LogP contribution is 2.33. The summed E-state index contributed by atoms with van der Waals surface area (Å²) < 4.78 is 34.3. The Balaban J connectivity index is 1.38. The molecule has 0 aromatic rings. The first-order valence-corrected chi connectivity index (χ1v) is 35.1. The van der Waals surface area contributed by atoms with E-state index in [1.807, 2.05) is 6.08 Å². The van der Waals surface area contributed by atoms with E-state index >= 15 is 0 Å². The Hall–Kier alpha value is -4.33. The molecule has 3 aliphatic heterocycles. The number of hydrogen-bond acceptors (Lipinski definition) is 18. The summed E-state index contributed by atoms with van der Waals surface area (Å²) in [4.78, 5) is 13.4. The molecule has 0 aromatic carbocycles. The van der Waals surface area contributed by atoms with Crippen molar-refractivity contribution >= 4 is 5.91 Å². The minimum absolute atomic E-state index is 0.193. The molecule has 0 bridgehead atoms. The summed E-state index contributed by atoms with van der Waals surface area (Å²) in [6.07, 6.45) is 51.2. The van der Waals surface area contributed by atoms with E-state index in [-0.39, 0.29) is 18.9 Å². The zero-order chi connectivity index (χ0) is 68.2. The number of hydrogen-bond donors (Lipinski definition) is 12. The van der Waals surface area contributed by atoms with Crippen LogP contribution >= 0.6 is 0 Å². The van der Waals surface area contributed by atoms with E-state index in [0.717, 1.165) is 116 Å². The summed E-state index contributed by atoms with van der Waals surface area (Å²) in [5.74, 6) is -0.316. The van der Waals surface area contributed by atoms with E-state index < -0.39 is 124 Å². The van der Waals surface area contributed by atoms with E-state index in [1.54, 1.807) is 6.08 Å². The number of amides is 1. The Morgan fingerprint density at radius 3 is 1.15 bits per heavy atom. The molecule has 3 fully saturated rings. The fraction of sp³-hybridized carbons (Fsp3) is 0.667. The van der Waals surface area contributed by atoms with Gasteiger partial charge in [-0.25, -0.2) is 0 Å². The van der Waals surface area contributed by atoms with Crippen LogP contribution in [-0.4, -0.2) is 193 Å². The van der Waals surface area contributed by atoms with Crippen LogP contribution in [0.25, 0.3) is 0 Å². The number of carbonyl (C=O) groups excluding carboxylic acids is 1. The van der Waals surface area contributed by atoms with Gasteiger partial charge >= 0.3 is 0 Å². The molecule has 534 valence electrons. The first-order chi connectivity index (χ1) is 45.8. The van der Waals surface area contributed by atoms with Gasteiger partial charge in [-0.2, -0.15) is 0 Å². The van der Waals surface area contributed by atoms with Crippen LogP contribution in [-0.2, 0) is 33.2 Å². The van der Waals surface area contributed by atoms with Crippen LogP contribution in [0.2, 0.25) is 0 Å². The predicted molar refractivity (Wildman–Crippen MR) is 369 cm³/mol. The van der Waals surface area contributed by atoms with E-state index in [1.165, 1.54) is 44.9 Å². The maximum Gasteiger partial charge on any atom is 0.220 e. The summed E-state index contributed by atoms with van der Waals surface area (Å²) in [6, 6.07) is -1.00. The van der Waals surface area contributed by atoms with Crippen LogP contribution in [0.4, 0.5) is 0 Å². The fourth-order valence-corrected chi connectivity index (χ4v) is 10.7. The van der Waals surface area contributed by atoms with E-state index in [4.69, 9.17) is 28.4 Å². The third-order valence-electron chi connectivity index (χ3n) is 16.4. The number of unbranched alkanes of at least 4 members (excludes halogenated alkanes) is 13. The van der Waals surface area contributed by atoms with Crippen molar-refractivity contribution < 1.29 is 89.4 Å². The molecule has 17 atom stereocenters. The quantitative estimate of drug-likeness (QED) is 0.0199. The lowest BCUT2D eigenvalue weighted by Gasteiger charge is -2.48. The number of allylic oxidation sites excluding steroid dienone is 23. The summed E-state index contributed by atoms with van der Waals surface area (Å²) in [7, 11) is 0. The maximum absolute atomic E-state index is 13.4. The third-order valence-corrected chi connectivity index (χ3v) is 16.4. The van der Waals surface area contributed by atoms with Gasteiger partial charge in [0.15, 0.2) is 18.9 Å². The second-order valence-electron chi connectivity index (χ2n) is 24.3. The highest BCUT2D eigenvalue weighted by molar-refractivity contribution is 5.76. The van der Waals surface area contributed by atoms with Crippen molar-refractivity contribution in [1.82, 2.24) is 5.32 Å². The largest absolute Gasteiger partial charge is 0.394 e. The Kier molecular flexibility index (Phi) is 48.8. The van der Waals surface area contributed by atoms with Gasteiger partial charge in [0, 0.05) is 6.42 Å². The van der Waals surface area contributed by atoms with Gasteiger partial charge in [0.2, 0.25) is 5.91 Å². The summed E-state index contributed by atoms with van der Waals surface area (Å²) in [6.45, 7) is 1.54. The van der Waals surface area contributed by atoms with Crippen molar-refractivity contribution in [3.05, 3.63) is 146 Å². The number of ether oxygens (including phenoxy) is 6. The fourth-order valence-electron chi connectivity index (χ4n) is 10.7. The van der Waals surface area contributed by atoms with Crippen LogP contribution in [0.5, 0.6) is 0 Å². The summed E-state index contributed by atoms with van der Waals surface area (Å²) in [5.41, 5.74) is 0. The number of carbonyl (C=O) groups is 1. The van der Waals surface area contributed by atoms with Gasteiger partial charge < -0.3 is 89.9 Å². The SMILES string of the molecule is CC/C=C\C/C=C\C/C=C\C/C=C\C/C=C\C/C=C\C/C=C\C/C=C\C/C=C\C/C=C\C/C=C\CCCCCC(=O)NC(COC1OC(CO)C(OC2OC(CO)C(OC3OC(CO)C(O)C(O)C3O)C(O)C2O)C(O)C1O)C(O)/C=C/CCCCCCCCCCCC. The molecule has 19 heteroatoms. The molecule has 3 saturated heterocycles. The zero-order valence-corrected chi connectivity index (χ0v) is 56.4. The highest BCUT2D eigenvalue weighted by Gasteiger charge is 2.53. The van der Waals surface area contributed by atoms with Crippen LogP contribution in [0, 0.1) is 0 Å². The van der Waals surface area contributed by atoms with Gasteiger partial charge in [-0.15, -0.1) is 0 Å². The molecule has 0 radical (unpaired) electrons. The van der Waals surface area contributed by atoms with Crippen LogP contribution < -0.4 is 5.32 Å². The monoisotopic (exact) mass is 1320 g/mol. The van der Waals surface area contributed by atoms with E-state index in [0.29, 0.717) is 6.42 Å². The Bertz CT molecular complexity index is 2270. The molecule has 94 heavy (non-hydrogen) atoms. The highest BCUT2D eigenvalue weighted by atomic mass is 16.8. The number of nitrogens with one attached hydrogen (secondary N) is 1. The molecule has 0 aliphatic carbocycles. The molecular formula is C75H121NO18. The van der Waals surface area contributed by atoms with Gasteiger partial charge in [0.05, 0.1) is 38.6 Å². The molecule has 0 saturated carbocycles. The lowest BCUT2D eigenvalue weighted by atomic mass is 9.96. The van der Waals surface area contributed by atoms with Crippen LogP contribution in [0.15, 0.2) is 146 Å². The van der Waals surface area contributed by atoms with Crippen molar-refractivity contribution in [1.29, 1.82) is 0 Å². The average Bonchev–Trinajstić information content (AvgIpc) is 0.794. The van der Waals surface area contributed by atoms with Crippen LogP contribution in [0.1, 0.15) is 187 Å². The number of aliphatic hydroxyl groups excluding tert-OH is 11. The minimum atomic E-state index is -1.99. The average molecular weight is 1320 g/mol. The molecule has 0 spiro atoms. The lowest BCUT2D eigenvalue weighted by molar-refractivity contribution is -0.379. The molecular weight excluding hydrogens is 1200 g/mol. The van der Waals surface area contributed by atoms with Crippen molar-refractivity contribution in [2.75, 3.05) is 26.4 Å². The number of rotatable bonds is 51. The molecule has 17 unspecified atom stereocenters. The Morgan fingerprint density at radius 1 is 0.394 bits per heavy atom. The molecule has 3 rings (SSSR count). The topological polar surface area (TPSA) is 307 Å². The first kappa shape index (κ1) is 83.9. The van der Waals surface area contributed by atoms with Crippen molar-refractivity contribution in [2.24, 2.45) is 0 Å². The maximum atomic E-state index is 13.4. The second-order valence-corrected chi connectivity index (χ2v) is 24.3. The smallest absolute Gasteiger partial charge is 0.220 e. The second kappa shape index (κ2) is 54.7. The minimum Gasteiger partial charge on any atom is -0.394 e. The first-order valence-electron chi connectivity index (χ1n) is 35.1. The molecule has 3 aliphatic rings. The molecule has 19 nitrogen and oxygen atoms in total. The third kappa shape index (κ3) is 35.8. The summed E-state index contributed by atoms with van der Waals surface area (Å²) in [5, 5.41) is 120. The predicted octanol–water partition coefficient (Wildman–Crippen LogP) is 9.54. The van der Waals surface area contributed by atoms with Crippen molar-refractivity contribution in [3.63, 3.8) is 0 Å². The molecule has 1 amide bonds. The van der Waals surface area contributed by atoms with E-state index in [2.05, 4.69) is 153 Å². The van der Waals surface area contributed by atoms with Gasteiger partial charge in [0.1, 0.15) is 73.2 Å². The summed E-state index contributed by atoms with van der Waals surface area (Å²) >= 11 is 0. The molecule has 0 aromatic heterocycles. The van der Waals surface area contributed by atoms with Crippen LogP contribution in [0.3, 0.4) is 0 Å². The van der Waals surface area contributed by atoms with Crippen molar-refractivity contribution in [3.8, 4) is 0 Å². The molecule has 12 N–H and O–H groups in total. The Morgan fingerprint density at radius 2 is 0.734 bits per heavy atom. The van der Waals surface area contributed by atoms with Gasteiger partial charge in [-0.1, -0.05) is 224 Å². The van der Waals surface area contributed by atoms with Crippen molar-refractivity contribution in [2.45, 2.75) is 291 Å². The number of aliphatic hydroxyl groups is 11. The standard InChI is InChI=1S/C75H121NO18/c1-3-5-7-9-11-13-15-17-18-19-20-21-22-23-24-25-26-27-28-29-30-31-32-33-34-35-36-37-38-39-40-41-43-45-47-49-51-53-63(81)76-58(59(80)52-50-48-46-44-42-16-14-12-10-8-6-4-2)57-89-73-69(87)66(84)71(61(55-78)91-73)94-75-70(88)67(85)72(62(56-79)92-75)93-74-68(86)65(83)64(82)60(54-77)90-74/h5,7,11,13,17-18,20-21,23-24,26-27,29-30,32-33,35-36,38-39,41,43,50,52,58-62,64-75,77-80,82-88H,3-4,6,8-10,12,14-16,19,22,25,28,31,34,37,40,42,44-49,51,53-57H2,1-2H3,(H,76,81)/b7-5-,13-11-,18-17-,21-20-,24-23-,27-26-,30-29-,33-32-,36-35-,39-38-,43-41-,52-50+. The van der Waals surface area contributed by atoms with E-state index in [9.17, 15) is 61.0 Å². The lowest BCUT2D eigenvalue weighted by Crippen LogP contribution is -2.66. The zero-order valence-electron chi connectivity index (χ0n) is 56.4. The Labute approximate surface area is 562 Å². The normalized spacial score (nSPS) is 28.3. The van der Waals surface area contributed by atoms with Gasteiger partial charge in [0.25, 0.3) is 0 Å². The molecule has 3 heterocycles. The van der Waals surface area contributed by atoms with Gasteiger partial charge in [-0.3, -0.25) is 4.79 Å². The van der Waals surface area contributed by atoms with Gasteiger partial charge in [-0.05, 0) is 103 Å².